The molecule has 28 heavy (non-hydrogen) atoms. The lowest BCUT2D eigenvalue weighted by molar-refractivity contribution is 0.182. The molecule has 0 aliphatic rings. The number of nitrogens with zero attached hydrogens (tertiary/aromatic N) is 4. The van der Waals surface area contributed by atoms with E-state index in [4.69, 9.17) is 4.74 Å². The van der Waals surface area contributed by atoms with Gasteiger partial charge in [-0.2, -0.15) is 5.10 Å². The number of methoxy groups -OCH3 is 1. The van der Waals surface area contributed by atoms with E-state index in [9.17, 15) is 0 Å². The third-order valence-corrected chi connectivity index (χ3v) is 5.36. The first-order chi connectivity index (χ1) is 13.0. The molecular weight excluding hydrogens is 485 g/mol. The van der Waals surface area contributed by atoms with E-state index >= 15 is 0 Å². The lowest BCUT2D eigenvalue weighted by Crippen LogP contribution is -2.38. The second kappa shape index (κ2) is 12.3. The number of hydrogen-bond donors (Lipinski definition) is 1. The highest BCUT2D eigenvalue weighted by atomic mass is 127. The standard InChI is InChI=1S/C20H31N5OS.HI/c1-15-19(16(2)25(23-15)11-12-26-5)13-22-20(21-3)24(4)14-17-7-9-18(27-6)10-8-17;/h7-10H,11-14H2,1-6H3,(H,21,22);1H. The smallest absolute Gasteiger partial charge is 0.193 e. The van der Waals surface area contributed by atoms with Gasteiger partial charge in [-0.15, -0.1) is 35.7 Å². The molecule has 0 atom stereocenters. The quantitative estimate of drug-likeness (QED) is 0.251. The summed E-state index contributed by atoms with van der Waals surface area (Å²) < 4.78 is 7.17. The van der Waals surface area contributed by atoms with Crippen molar-refractivity contribution in [3.05, 3.63) is 46.8 Å². The Bertz CT molecular complexity index is 761. The van der Waals surface area contributed by atoms with Crippen LogP contribution >= 0.6 is 35.7 Å². The van der Waals surface area contributed by atoms with E-state index in [2.05, 4.69) is 64.8 Å². The molecule has 0 saturated carbocycles. The highest BCUT2D eigenvalue weighted by Crippen LogP contribution is 2.16. The van der Waals surface area contributed by atoms with Crippen LogP contribution in [0.25, 0.3) is 0 Å². The molecule has 1 heterocycles. The number of guanidine groups is 1. The fourth-order valence-corrected chi connectivity index (χ4v) is 3.43. The minimum absolute atomic E-state index is 0. The lowest BCUT2D eigenvalue weighted by atomic mass is 10.2. The van der Waals surface area contributed by atoms with E-state index in [1.165, 1.54) is 21.7 Å². The fraction of sp³-hybridized carbons (Fsp3) is 0.500. The molecule has 1 N–H and O–H groups in total. The second-order valence-corrected chi connectivity index (χ2v) is 7.35. The van der Waals surface area contributed by atoms with Crippen LogP contribution in [-0.4, -0.2) is 54.7 Å². The molecule has 8 heteroatoms. The van der Waals surface area contributed by atoms with E-state index < -0.39 is 0 Å². The van der Waals surface area contributed by atoms with Gasteiger partial charge in [-0.3, -0.25) is 9.67 Å². The number of nitrogens with one attached hydrogen (secondary N) is 1. The molecule has 6 nitrogen and oxygen atoms in total. The Morgan fingerprint density at radius 1 is 1.29 bits per heavy atom. The van der Waals surface area contributed by atoms with Crippen molar-refractivity contribution in [1.29, 1.82) is 0 Å². The third-order valence-electron chi connectivity index (χ3n) is 4.61. The topological polar surface area (TPSA) is 54.7 Å². The van der Waals surface area contributed by atoms with Gasteiger partial charge in [0.15, 0.2) is 5.96 Å². The summed E-state index contributed by atoms with van der Waals surface area (Å²) in [6.07, 6.45) is 2.09. The molecule has 0 saturated heterocycles. The van der Waals surface area contributed by atoms with Gasteiger partial charge in [0.05, 0.1) is 18.8 Å². The largest absolute Gasteiger partial charge is 0.383 e. The van der Waals surface area contributed by atoms with Crippen LogP contribution in [0.5, 0.6) is 0 Å². The Labute approximate surface area is 190 Å². The lowest BCUT2D eigenvalue weighted by Gasteiger charge is -2.22. The van der Waals surface area contributed by atoms with Crippen LogP contribution in [0, 0.1) is 13.8 Å². The highest BCUT2D eigenvalue weighted by Gasteiger charge is 2.13. The number of aromatic nitrogens is 2. The summed E-state index contributed by atoms with van der Waals surface area (Å²) in [5, 5.41) is 8.09. The molecule has 1 aromatic heterocycles. The predicted octanol–water partition coefficient (Wildman–Crippen LogP) is 3.69. The SMILES string of the molecule is CN=C(NCc1c(C)nn(CCOC)c1C)N(C)Cc1ccc(SC)cc1.I. The van der Waals surface area contributed by atoms with E-state index in [-0.39, 0.29) is 24.0 Å². The maximum Gasteiger partial charge on any atom is 0.193 e. The van der Waals surface area contributed by atoms with Gasteiger partial charge in [0, 0.05) is 50.4 Å². The zero-order chi connectivity index (χ0) is 19.8. The van der Waals surface area contributed by atoms with Gasteiger partial charge in [0.1, 0.15) is 0 Å². The third kappa shape index (κ3) is 6.66. The number of aliphatic imine (C=N–C) groups is 1. The van der Waals surface area contributed by atoms with Gasteiger partial charge in [0.2, 0.25) is 0 Å². The normalized spacial score (nSPS) is 11.3. The molecule has 0 aliphatic carbocycles. The van der Waals surface area contributed by atoms with E-state index in [0.717, 1.165) is 24.7 Å². The first-order valence-corrected chi connectivity index (χ1v) is 10.3. The van der Waals surface area contributed by atoms with Gasteiger partial charge in [-0.25, -0.2) is 0 Å². The van der Waals surface area contributed by atoms with Gasteiger partial charge in [-0.1, -0.05) is 12.1 Å². The summed E-state index contributed by atoms with van der Waals surface area (Å²) in [5.41, 5.74) is 4.69. The molecule has 2 rings (SSSR count). The Morgan fingerprint density at radius 3 is 2.54 bits per heavy atom. The van der Waals surface area contributed by atoms with Crippen LogP contribution in [-0.2, 0) is 24.4 Å². The van der Waals surface area contributed by atoms with Crippen molar-refractivity contribution in [3.63, 3.8) is 0 Å². The Kier molecular flexibility index (Phi) is 10.9. The van der Waals surface area contributed by atoms with Crippen LogP contribution in [0.4, 0.5) is 0 Å². The summed E-state index contributed by atoms with van der Waals surface area (Å²) in [7, 11) is 5.58. The van der Waals surface area contributed by atoms with Gasteiger partial charge < -0.3 is 15.0 Å². The van der Waals surface area contributed by atoms with Gasteiger partial charge in [0.25, 0.3) is 0 Å². The molecule has 0 aliphatic heterocycles. The maximum atomic E-state index is 5.16. The molecule has 0 radical (unpaired) electrons. The molecule has 0 amide bonds. The number of rotatable bonds is 8. The predicted molar refractivity (Wildman–Crippen MR) is 129 cm³/mol. The van der Waals surface area contributed by atoms with E-state index in [1.807, 2.05) is 18.7 Å². The highest BCUT2D eigenvalue weighted by molar-refractivity contribution is 14.0. The summed E-state index contributed by atoms with van der Waals surface area (Å²) in [6, 6.07) is 8.66. The Hall–Kier alpha value is -1.26. The van der Waals surface area contributed by atoms with Crippen molar-refractivity contribution in [2.24, 2.45) is 4.99 Å². The molecule has 1 aromatic carbocycles. The van der Waals surface area contributed by atoms with Gasteiger partial charge >= 0.3 is 0 Å². The van der Waals surface area contributed by atoms with Crippen LogP contribution in [0.2, 0.25) is 0 Å². The molecule has 0 unspecified atom stereocenters. The van der Waals surface area contributed by atoms with Crippen molar-refractivity contribution >= 4 is 41.7 Å². The van der Waals surface area contributed by atoms with Crippen LogP contribution in [0.1, 0.15) is 22.5 Å². The summed E-state index contributed by atoms with van der Waals surface area (Å²) in [6.45, 7) is 7.09. The molecule has 0 bridgehead atoms. The molecule has 0 spiro atoms. The number of benzene rings is 1. The van der Waals surface area contributed by atoms with Crippen molar-refractivity contribution in [1.82, 2.24) is 20.0 Å². The van der Waals surface area contributed by atoms with Crippen molar-refractivity contribution in [3.8, 4) is 0 Å². The summed E-state index contributed by atoms with van der Waals surface area (Å²) in [5.74, 6) is 0.868. The first-order valence-electron chi connectivity index (χ1n) is 9.06. The zero-order valence-corrected chi connectivity index (χ0v) is 20.8. The Morgan fingerprint density at radius 2 is 1.96 bits per heavy atom. The molecular formula is C20H32IN5OS. The number of halogens is 1. The maximum absolute atomic E-state index is 5.16. The molecule has 2 aromatic rings. The molecule has 156 valence electrons. The Balaban J connectivity index is 0.00000392. The summed E-state index contributed by atoms with van der Waals surface area (Å²) in [4.78, 5) is 7.84. The fourth-order valence-electron chi connectivity index (χ4n) is 3.02. The first kappa shape index (κ1) is 24.8. The van der Waals surface area contributed by atoms with E-state index in [1.54, 1.807) is 18.9 Å². The monoisotopic (exact) mass is 517 g/mol. The molecule has 0 fully saturated rings. The van der Waals surface area contributed by atoms with Crippen LogP contribution in [0.3, 0.4) is 0 Å². The average Bonchev–Trinajstić information content (AvgIpc) is 2.94. The van der Waals surface area contributed by atoms with Crippen LogP contribution in [0.15, 0.2) is 34.2 Å². The summed E-state index contributed by atoms with van der Waals surface area (Å²) >= 11 is 1.76. The minimum Gasteiger partial charge on any atom is -0.383 e. The minimum atomic E-state index is 0. The van der Waals surface area contributed by atoms with E-state index in [0.29, 0.717) is 13.2 Å². The number of ether oxygens (including phenoxy) is 1. The van der Waals surface area contributed by atoms with Crippen molar-refractivity contribution < 1.29 is 4.74 Å². The number of aryl methyl sites for hydroxylation is 1. The van der Waals surface area contributed by atoms with Gasteiger partial charge in [-0.05, 0) is 37.8 Å². The average molecular weight is 517 g/mol. The van der Waals surface area contributed by atoms with Crippen LogP contribution < -0.4 is 5.32 Å². The second-order valence-electron chi connectivity index (χ2n) is 6.47. The number of hydrogen-bond acceptors (Lipinski definition) is 4. The van der Waals surface area contributed by atoms with Crippen molar-refractivity contribution in [2.45, 2.75) is 38.4 Å². The zero-order valence-electron chi connectivity index (χ0n) is 17.7. The van der Waals surface area contributed by atoms with Crippen molar-refractivity contribution in [2.75, 3.05) is 34.1 Å². The number of thioether (sulfide) groups is 1.